The molecule has 1 saturated heterocycles. The summed E-state index contributed by atoms with van der Waals surface area (Å²) in [6.45, 7) is 4.65. The highest BCUT2D eigenvalue weighted by atomic mass is 79.9. The predicted molar refractivity (Wildman–Crippen MR) is 67.9 cm³/mol. The van der Waals surface area contributed by atoms with Gasteiger partial charge in [-0.05, 0) is 49.4 Å². The standard InChI is InChI=1S/C13H17BrO2/c1-10-8-12(14)2-3-13(10)16-9-11-4-6-15-7-5-11/h2-3,8,11H,4-7,9H2,1H3. The van der Waals surface area contributed by atoms with Crippen molar-refractivity contribution in [3.63, 3.8) is 0 Å². The Hall–Kier alpha value is -0.540. The van der Waals surface area contributed by atoms with Crippen molar-refractivity contribution in [2.24, 2.45) is 5.92 Å². The van der Waals surface area contributed by atoms with Crippen LogP contribution in [-0.4, -0.2) is 19.8 Å². The molecule has 1 aliphatic rings. The first-order valence-corrected chi connectivity index (χ1v) is 6.51. The smallest absolute Gasteiger partial charge is 0.122 e. The molecular weight excluding hydrogens is 268 g/mol. The van der Waals surface area contributed by atoms with Crippen LogP contribution in [0.3, 0.4) is 0 Å². The van der Waals surface area contributed by atoms with E-state index in [1.54, 1.807) is 0 Å². The summed E-state index contributed by atoms with van der Waals surface area (Å²) < 4.78 is 12.3. The van der Waals surface area contributed by atoms with Gasteiger partial charge in [0.25, 0.3) is 0 Å². The van der Waals surface area contributed by atoms with Gasteiger partial charge in [0.15, 0.2) is 0 Å². The molecule has 0 aromatic heterocycles. The Bertz CT molecular complexity index is 346. The quantitative estimate of drug-likeness (QED) is 0.845. The largest absolute Gasteiger partial charge is 0.493 e. The third-order valence-electron chi connectivity index (χ3n) is 2.95. The fourth-order valence-corrected chi connectivity index (χ4v) is 2.37. The lowest BCUT2D eigenvalue weighted by Gasteiger charge is -2.22. The third kappa shape index (κ3) is 3.22. The van der Waals surface area contributed by atoms with Crippen LogP contribution in [0.25, 0.3) is 0 Å². The van der Waals surface area contributed by atoms with E-state index in [1.807, 2.05) is 12.1 Å². The zero-order chi connectivity index (χ0) is 11.4. The third-order valence-corrected chi connectivity index (χ3v) is 3.45. The van der Waals surface area contributed by atoms with E-state index in [4.69, 9.17) is 9.47 Å². The molecule has 0 amide bonds. The highest BCUT2D eigenvalue weighted by Gasteiger charge is 2.14. The van der Waals surface area contributed by atoms with Gasteiger partial charge in [0, 0.05) is 17.7 Å². The van der Waals surface area contributed by atoms with Gasteiger partial charge in [-0.1, -0.05) is 15.9 Å². The van der Waals surface area contributed by atoms with Crippen molar-refractivity contribution in [3.8, 4) is 5.75 Å². The minimum Gasteiger partial charge on any atom is -0.493 e. The van der Waals surface area contributed by atoms with Gasteiger partial charge in [-0.2, -0.15) is 0 Å². The maximum Gasteiger partial charge on any atom is 0.122 e. The lowest BCUT2D eigenvalue weighted by molar-refractivity contribution is 0.0496. The van der Waals surface area contributed by atoms with E-state index >= 15 is 0 Å². The second-order valence-electron chi connectivity index (χ2n) is 4.28. The molecule has 88 valence electrons. The molecular formula is C13H17BrO2. The minimum absolute atomic E-state index is 0.650. The highest BCUT2D eigenvalue weighted by Crippen LogP contribution is 2.24. The van der Waals surface area contributed by atoms with Crippen LogP contribution in [0.5, 0.6) is 5.75 Å². The summed E-state index contributed by atoms with van der Waals surface area (Å²) in [6.07, 6.45) is 2.24. The fourth-order valence-electron chi connectivity index (χ4n) is 1.90. The van der Waals surface area contributed by atoms with E-state index < -0.39 is 0 Å². The van der Waals surface area contributed by atoms with Crippen LogP contribution in [0, 0.1) is 12.8 Å². The van der Waals surface area contributed by atoms with Crippen LogP contribution in [0.15, 0.2) is 22.7 Å². The van der Waals surface area contributed by atoms with Gasteiger partial charge in [-0.3, -0.25) is 0 Å². The van der Waals surface area contributed by atoms with Crippen LogP contribution in [-0.2, 0) is 4.74 Å². The molecule has 1 aliphatic heterocycles. The normalized spacial score (nSPS) is 17.4. The van der Waals surface area contributed by atoms with Crippen molar-refractivity contribution in [2.75, 3.05) is 19.8 Å². The maximum atomic E-state index is 5.85. The number of ether oxygens (including phenoxy) is 2. The van der Waals surface area contributed by atoms with Crippen molar-refractivity contribution in [1.29, 1.82) is 0 Å². The minimum atomic E-state index is 0.650. The van der Waals surface area contributed by atoms with Crippen molar-refractivity contribution in [2.45, 2.75) is 19.8 Å². The summed E-state index contributed by atoms with van der Waals surface area (Å²) in [5, 5.41) is 0. The summed E-state index contributed by atoms with van der Waals surface area (Å²) in [4.78, 5) is 0. The summed E-state index contributed by atoms with van der Waals surface area (Å²) in [7, 11) is 0. The van der Waals surface area contributed by atoms with Crippen LogP contribution in [0.4, 0.5) is 0 Å². The summed E-state index contributed by atoms with van der Waals surface area (Å²) in [5.74, 6) is 1.64. The van der Waals surface area contributed by atoms with Gasteiger partial charge in [0.05, 0.1) is 6.61 Å². The zero-order valence-corrected chi connectivity index (χ0v) is 11.1. The predicted octanol–water partition coefficient (Wildman–Crippen LogP) is 3.56. The number of aryl methyl sites for hydroxylation is 1. The average Bonchev–Trinajstić information content (AvgIpc) is 2.29. The maximum absolute atomic E-state index is 5.85. The zero-order valence-electron chi connectivity index (χ0n) is 9.54. The number of rotatable bonds is 3. The number of hydrogen-bond acceptors (Lipinski definition) is 2. The van der Waals surface area contributed by atoms with E-state index in [-0.39, 0.29) is 0 Å². The fraction of sp³-hybridized carbons (Fsp3) is 0.538. The van der Waals surface area contributed by atoms with Gasteiger partial charge in [-0.15, -0.1) is 0 Å². The Morgan fingerprint density at radius 3 is 2.81 bits per heavy atom. The molecule has 3 heteroatoms. The summed E-state index contributed by atoms with van der Waals surface area (Å²) >= 11 is 3.45. The Morgan fingerprint density at radius 1 is 1.38 bits per heavy atom. The van der Waals surface area contributed by atoms with E-state index in [0.29, 0.717) is 5.92 Å². The van der Waals surface area contributed by atoms with E-state index in [0.717, 1.165) is 42.9 Å². The molecule has 0 aliphatic carbocycles. The molecule has 2 nitrogen and oxygen atoms in total. The number of benzene rings is 1. The second-order valence-corrected chi connectivity index (χ2v) is 5.19. The van der Waals surface area contributed by atoms with E-state index in [9.17, 15) is 0 Å². The van der Waals surface area contributed by atoms with Crippen molar-refractivity contribution in [1.82, 2.24) is 0 Å². The van der Waals surface area contributed by atoms with Gasteiger partial charge in [0.1, 0.15) is 5.75 Å². The average molecular weight is 285 g/mol. The molecule has 2 rings (SSSR count). The molecule has 0 unspecified atom stereocenters. The molecule has 0 spiro atoms. The SMILES string of the molecule is Cc1cc(Br)ccc1OCC1CCOCC1. The first kappa shape index (κ1) is 11.9. The highest BCUT2D eigenvalue weighted by molar-refractivity contribution is 9.10. The molecule has 16 heavy (non-hydrogen) atoms. The lowest BCUT2D eigenvalue weighted by Crippen LogP contribution is -2.21. The molecule has 0 N–H and O–H groups in total. The van der Waals surface area contributed by atoms with E-state index in [1.165, 1.54) is 5.56 Å². The van der Waals surface area contributed by atoms with Crippen LogP contribution in [0.2, 0.25) is 0 Å². The van der Waals surface area contributed by atoms with Crippen LogP contribution in [0.1, 0.15) is 18.4 Å². The summed E-state index contributed by atoms with van der Waals surface area (Å²) in [6, 6.07) is 6.13. The molecule has 1 aromatic carbocycles. The first-order valence-electron chi connectivity index (χ1n) is 5.72. The molecule has 1 aromatic rings. The van der Waals surface area contributed by atoms with E-state index in [2.05, 4.69) is 28.9 Å². The van der Waals surface area contributed by atoms with Crippen LogP contribution < -0.4 is 4.74 Å². The topological polar surface area (TPSA) is 18.5 Å². The molecule has 1 fully saturated rings. The van der Waals surface area contributed by atoms with Gasteiger partial charge >= 0.3 is 0 Å². The summed E-state index contributed by atoms with van der Waals surface area (Å²) in [5.41, 5.74) is 1.18. The Balaban J connectivity index is 1.88. The monoisotopic (exact) mass is 284 g/mol. The Kier molecular flexibility index (Phi) is 4.24. The number of hydrogen-bond donors (Lipinski definition) is 0. The van der Waals surface area contributed by atoms with Crippen molar-refractivity contribution < 1.29 is 9.47 Å². The number of halogens is 1. The molecule has 0 saturated carbocycles. The van der Waals surface area contributed by atoms with Crippen molar-refractivity contribution in [3.05, 3.63) is 28.2 Å². The molecule has 0 atom stereocenters. The van der Waals surface area contributed by atoms with Gasteiger partial charge in [0.2, 0.25) is 0 Å². The molecule has 0 bridgehead atoms. The molecule has 1 heterocycles. The first-order chi connectivity index (χ1) is 7.75. The van der Waals surface area contributed by atoms with Crippen molar-refractivity contribution >= 4 is 15.9 Å². The Morgan fingerprint density at radius 2 is 2.12 bits per heavy atom. The second kappa shape index (κ2) is 5.69. The van der Waals surface area contributed by atoms with Gasteiger partial charge < -0.3 is 9.47 Å². The van der Waals surface area contributed by atoms with Gasteiger partial charge in [-0.25, -0.2) is 0 Å². The lowest BCUT2D eigenvalue weighted by atomic mass is 10.0. The molecule has 0 radical (unpaired) electrons. The van der Waals surface area contributed by atoms with Crippen LogP contribution >= 0.6 is 15.9 Å². The Labute approximate surface area is 105 Å².